The topological polar surface area (TPSA) is 57.0 Å². The molecule has 1 aromatic rings. The van der Waals surface area contributed by atoms with Crippen LogP contribution in [0.25, 0.3) is 0 Å². The maximum absolute atomic E-state index is 5.94. The average Bonchev–Trinajstić information content (AvgIpc) is 2.46. The molecule has 0 amide bonds. The number of ether oxygens (including phenoxy) is 3. The summed E-state index contributed by atoms with van der Waals surface area (Å²) >= 11 is 0. The van der Waals surface area contributed by atoms with Crippen molar-refractivity contribution in [1.82, 2.24) is 4.90 Å². The number of methoxy groups -OCH3 is 3. The third-order valence-electron chi connectivity index (χ3n) is 3.60. The lowest BCUT2D eigenvalue weighted by Gasteiger charge is -2.31. The van der Waals surface area contributed by atoms with E-state index in [0.29, 0.717) is 29.8 Å². The predicted molar refractivity (Wildman–Crippen MR) is 80.8 cm³/mol. The Kier molecular flexibility index (Phi) is 6.10. The minimum atomic E-state index is 0.101. The van der Waals surface area contributed by atoms with Crippen LogP contribution in [0.5, 0.6) is 17.2 Å². The number of benzene rings is 1. The molecule has 0 fully saturated rings. The van der Waals surface area contributed by atoms with Gasteiger partial charge in [-0.2, -0.15) is 0 Å². The van der Waals surface area contributed by atoms with E-state index in [0.717, 1.165) is 5.56 Å². The SMILES string of the molecule is COc1cc(C(CN)N(C)C(C)C)cc(OC)c1OC. The van der Waals surface area contributed by atoms with Gasteiger partial charge in [0.2, 0.25) is 5.75 Å². The first kappa shape index (κ1) is 16.6. The Morgan fingerprint density at radius 2 is 1.55 bits per heavy atom. The second-order valence-corrected chi connectivity index (χ2v) is 4.97. The van der Waals surface area contributed by atoms with Gasteiger partial charge in [0.1, 0.15) is 0 Å². The van der Waals surface area contributed by atoms with Crippen LogP contribution >= 0.6 is 0 Å². The molecular formula is C15H26N2O3. The molecular weight excluding hydrogens is 256 g/mol. The van der Waals surface area contributed by atoms with Crippen LogP contribution in [0, 0.1) is 0 Å². The summed E-state index contributed by atoms with van der Waals surface area (Å²) in [6.45, 7) is 4.80. The predicted octanol–water partition coefficient (Wildman–Crippen LogP) is 2.05. The monoisotopic (exact) mass is 282 g/mol. The van der Waals surface area contributed by atoms with Crippen LogP contribution in [0.15, 0.2) is 12.1 Å². The van der Waals surface area contributed by atoms with E-state index in [4.69, 9.17) is 19.9 Å². The number of nitrogens with two attached hydrogens (primary N) is 1. The Hall–Kier alpha value is -1.46. The molecule has 0 spiro atoms. The second kappa shape index (κ2) is 7.36. The standard InChI is InChI=1S/C15H26N2O3/c1-10(2)17(3)12(9-16)11-7-13(18-4)15(20-6)14(8-11)19-5/h7-8,10,12H,9,16H2,1-6H3. The van der Waals surface area contributed by atoms with Crippen LogP contribution in [0.3, 0.4) is 0 Å². The highest BCUT2D eigenvalue weighted by molar-refractivity contribution is 5.54. The zero-order valence-electron chi connectivity index (χ0n) is 13.3. The van der Waals surface area contributed by atoms with Crippen molar-refractivity contribution in [3.63, 3.8) is 0 Å². The molecule has 0 saturated carbocycles. The summed E-state index contributed by atoms with van der Waals surface area (Å²) in [5.41, 5.74) is 7.00. The molecule has 0 aromatic heterocycles. The van der Waals surface area contributed by atoms with Gasteiger partial charge < -0.3 is 19.9 Å². The Morgan fingerprint density at radius 1 is 1.05 bits per heavy atom. The minimum absolute atomic E-state index is 0.101. The molecule has 1 unspecified atom stereocenters. The maximum Gasteiger partial charge on any atom is 0.203 e. The smallest absolute Gasteiger partial charge is 0.203 e. The van der Waals surface area contributed by atoms with Crippen molar-refractivity contribution < 1.29 is 14.2 Å². The van der Waals surface area contributed by atoms with Crippen molar-refractivity contribution in [2.45, 2.75) is 25.9 Å². The van der Waals surface area contributed by atoms with Gasteiger partial charge in [-0.25, -0.2) is 0 Å². The second-order valence-electron chi connectivity index (χ2n) is 4.97. The first-order valence-corrected chi connectivity index (χ1v) is 6.72. The van der Waals surface area contributed by atoms with Gasteiger partial charge in [-0.3, -0.25) is 4.90 Å². The van der Waals surface area contributed by atoms with E-state index in [1.807, 2.05) is 12.1 Å². The third kappa shape index (κ3) is 3.35. The Labute approximate surface area is 121 Å². The fourth-order valence-corrected chi connectivity index (χ4v) is 2.19. The first-order chi connectivity index (χ1) is 9.49. The summed E-state index contributed by atoms with van der Waals surface area (Å²) < 4.78 is 16.1. The highest BCUT2D eigenvalue weighted by Gasteiger charge is 2.22. The van der Waals surface area contributed by atoms with Gasteiger partial charge in [0.25, 0.3) is 0 Å². The lowest BCUT2D eigenvalue weighted by molar-refractivity contribution is 0.200. The lowest BCUT2D eigenvalue weighted by atomic mass is 10.0. The molecule has 0 bridgehead atoms. The van der Waals surface area contributed by atoms with E-state index in [1.165, 1.54) is 0 Å². The van der Waals surface area contributed by atoms with E-state index >= 15 is 0 Å². The van der Waals surface area contributed by atoms with Crippen LogP contribution in [0.1, 0.15) is 25.5 Å². The number of rotatable bonds is 7. The van der Waals surface area contributed by atoms with Crippen LogP contribution < -0.4 is 19.9 Å². The number of nitrogens with zero attached hydrogens (tertiary/aromatic N) is 1. The quantitative estimate of drug-likeness (QED) is 0.829. The van der Waals surface area contributed by atoms with Crippen molar-refractivity contribution in [3.05, 3.63) is 17.7 Å². The van der Waals surface area contributed by atoms with Gasteiger partial charge in [0.15, 0.2) is 11.5 Å². The summed E-state index contributed by atoms with van der Waals surface area (Å²) in [5, 5.41) is 0. The maximum atomic E-state index is 5.94. The Balaban J connectivity index is 3.29. The van der Waals surface area contributed by atoms with E-state index in [1.54, 1.807) is 21.3 Å². The van der Waals surface area contributed by atoms with Crippen LogP contribution in [-0.4, -0.2) is 45.9 Å². The van der Waals surface area contributed by atoms with Crippen molar-refractivity contribution in [2.24, 2.45) is 5.73 Å². The van der Waals surface area contributed by atoms with Gasteiger partial charge >= 0.3 is 0 Å². The molecule has 114 valence electrons. The fourth-order valence-electron chi connectivity index (χ4n) is 2.19. The molecule has 5 nitrogen and oxygen atoms in total. The molecule has 0 aliphatic heterocycles. The fraction of sp³-hybridized carbons (Fsp3) is 0.600. The molecule has 0 heterocycles. The highest BCUT2D eigenvalue weighted by Crippen LogP contribution is 2.40. The zero-order valence-corrected chi connectivity index (χ0v) is 13.3. The zero-order chi connectivity index (χ0) is 15.3. The largest absolute Gasteiger partial charge is 0.493 e. The summed E-state index contributed by atoms with van der Waals surface area (Å²) in [4.78, 5) is 2.22. The van der Waals surface area contributed by atoms with E-state index in [2.05, 4.69) is 25.8 Å². The number of hydrogen-bond donors (Lipinski definition) is 1. The normalized spacial score (nSPS) is 12.7. The number of hydrogen-bond acceptors (Lipinski definition) is 5. The third-order valence-corrected chi connectivity index (χ3v) is 3.60. The summed E-state index contributed by atoms with van der Waals surface area (Å²) in [5.74, 6) is 1.90. The van der Waals surface area contributed by atoms with Gasteiger partial charge in [0, 0.05) is 18.6 Å². The number of likely N-dealkylation sites (N-methyl/N-ethyl adjacent to an activating group) is 1. The van der Waals surface area contributed by atoms with Crippen molar-refractivity contribution in [1.29, 1.82) is 0 Å². The van der Waals surface area contributed by atoms with E-state index in [-0.39, 0.29) is 6.04 Å². The lowest BCUT2D eigenvalue weighted by Crippen LogP contribution is -2.35. The Bertz CT molecular complexity index is 410. The van der Waals surface area contributed by atoms with Gasteiger partial charge in [-0.1, -0.05) is 0 Å². The molecule has 1 aromatic carbocycles. The summed E-state index contributed by atoms with van der Waals surface area (Å²) in [6.07, 6.45) is 0. The first-order valence-electron chi connectivity index (χ1n) is 6.72. The molecule has 0 radical (unpaired) electrons. The molecule has 5 heteroatoms. The summed E-state index contributed by atoms with van der Waals surface area (Å²) in [6, 6.07) is 4.40. The molecule has 0 aliphatic rings. The summed E-state index contributed by atoms with van der Waals surface area (Å²) in [7, 11) is 6.89. The van der Waals surface area contributed by atoms with Crippen LogP contribution in [0.2, 0.25) is 0 Å². The van der Waals surface area contributed by atoms with Crippen molar-refractivity contribution in [3.8, 4) is 17.2 Å². The molecule has 2 N–H and O–H groups in total. The van der Waals surface area contributed by atoms with Gasteiger partial charge in [-0.15, -0.1) is 0 Å². The molecule has 20 heavy (non-hydrogen) atoms. The van der Waals surface area contributed by atoms with Gasteiger partial charge in [0.05, 0.1) is 21.3 Å². The minimum Gasteiger partial charge on any atom is -0.493 e. The van der Waals surface area contributed by atoms with Gasteiger partial charge in [-0.05, 0) is 38.6 Å². The van der Waals surface area contributed by atoms with Crippen LogP contribution in [0.4, 0.5) is 0 Å². The van der Waals surface area contributed by atoms with E-state index < -0.39 is 0 Å². The van der Waals surface area contributed by atoms with Crippen molar-refractivity contribution >= 4 is 0 Å². The Morgan fingerprint density at radius 3 is 1.85 bits per heavy atom. The molecule has 1 atom stereocenters. The highest BCUT2D eigenvalue weighted by atomic mass is 16.5. The van der Waals surface area contributed by atoms with Crippen LogP contribution in [-0.2, 0) is 0 Å². The molecule has 0 saturated heterocycles. The van der Waals surface area contributed by atoms with Crippen molar-refractivity contribution in [2.75, 3.05) is 34.9 Å². The van der Waals surface area contributed by atoms with E-state index in [9.17, 15) is 0 Å². The molecule has 0 aliphatic carbocycles. The average molecular weight is 282 g/mol. The molecule has 1 rings (SSSR count).